The number of benzene rings is 1. The number of nitrogens with one attached hydrogen (secondary N) is 1. The van der Waals surface area contributed by atoms with Gasteiger partial charge in [0, 0.05) is 31.1 Å². The largest absolute Gasteiger partial charge is 0.508 e. The van der Waals surface area contributed by atoms with E-state index in [9.17, 15) is 14.7 Å². The smallest absolute Gasteiger partial charge is 0.254 e. The third-order valence-corrected chi connectivity index (χ3v) is 5.95. The molecule has 2 aliphatic rings. The van der Waals surface area contributed by atoms with Crippen LogP contribution in [-0.2, 0) is 24.3 Å². The van der Waals surface area contributed by atoms with Gasteiger partial charge in [0.25, 0.3) is 5.56 Å². The standard InChI is InChI=1S/C22H28N4O4/c1-3-30-16-6-7-20(28)15(11-16)12-26-9-4-5-19(26)21-23-18-13-25(14(2)27)10-8-17(18)22(29)24-21/h6-7,11,19,28H,3-5,8-10,12-13H2,1-2H3,(H,23,24,29). The zero-order valence-electron chi connectivity index (χ0n) is 17.5. The van der Waals surface area contributed by atoms with Crippen LogP contribution in [-0.4, -0.2) is 50.5 Å². The van der Waals surface area contributed by atoms with Crippen LogP contribution in [0.4, 0.5) is 0 Å². The molecule has 1 fully saturated rings. The summed E-state index contributed by atoms with van der Waals surface area (Å²) in [5, 5.41) is 10.3. The van der Waals surface area contributed by atoms with Gasteiger partial charge in [-0.2, -0.15) is 0 Å². The Kier molecular flexibility index (Phi) is 5.76. The van der Waals surface area contributed by atoms with Crippen LogP contribution in [0.25, 0.3) is 0 Å². The molecule has 8 heteroatoms. The molecule has 160 valence electrons. The van der Waals surface area contributed by atoms with Gasteiger partial charge in [0.2, 0.25) is 5.91 Å². The first-order valence-electron chi connectivity index (χ1n) is 10.5. The summed E-state index contributed by atoms with van der Waals surface area (Å²) >= 11 is 0. The highest BCUT2D eigenvalue weighted by Gasteiger charge is 2.31. The Morgan fingerprint density at radius 2 is 2.20 bits per heavy atom. The molecule has 1 atom stereocenters. The van der Waals surface area contributed by atoms with Crippen molar-refractivity contribution >= 4 is 5.91 Å². The third-order valence-electron chi connectivity index (χ3n) is 5.95. The SMILES string of the molecule is CCOc1ccc(O)c(CN2CCCC2c2nc3c(c(=O)[nH]2)CCN(C(C)=O)C3)c1. The molecule has 1 amide bonds. The van der Waals surface area contributed by atoms with E-state index >= 15 is 0 Å². The van der Waals surface area contributed by atoms with Gasteiger partial charge < -0.3 is 19.7 Å². The van der Waals surface area contributed by atoms with Crippen molar-refractivity contribution in [3.8, 4) is 11.5 Å². The number of ether oxygens (including phenoxy) is 1. The summed E-state index contributed by atoms with van der Waals surface area (Å²) in [6, 6.07) is 5.24. The predicted molar refractivity (Wildman–Crippen MR) is 111 cm³/mol. The van der Waals surface area contributed by atoms with Crippen molar-refractivity contribution in [2.24, 2.45) is 0 Å². The number of carbonyl (C=O) groups excluding carboxylic acids is 1. The van der Waals surface area contributed by atoms with E-state index in [-0.39, 0.29) is 23.3 Å². The van der Waals surface area contributed by atoms with Gasteiger partial charge in [-0.1, -0.05) is 0 Å². The molecule has 3 heterocycles. The summed E-state index contributed by atoms with van der Waals surface area (Å²) in [4.78, 5) is 36.1. The topological polar surface area (TPSA) is 98.8 Å². The molecule has 30 heavy (non-hydrogen) atoms. The highest BCUT2D eigenvalue weighted by Crippen LogP contribution is 2.34. The van der Waals surface area contributed by atoms with E-state index in [2.05, 4.69) is 9.88 Å². The molecule has 8 nitrogen and oxygen atoms in total. The maximum absolute atomic E-state index is 12.7. The Morgan fingerprint density at radius 3 is 2.97 bits per heavy atom. The molecule has 0 bridgehead atoms. The molecule has 1 saturated heterocycles. The summed E-state index contributed by atoms with van der Waals surface area (Å²) in [7, 11) is 0. The minimum atomic E-state index is -0.105. The number of likely N-dealkylation sites (tertiary alicyclic amines) is 1. The normalized spacial score (nSPS) is 19.0. The molecule has 0 aliphatic carbocycles. The number of phenolic OH excluding ortho intramolecular Hbond substituents is 1. The Morgan fingerprint density at radius 1 is 1.37 bits per heavy atom. The number of nitrogens with zero attached hydrogens (tertiary/aromatic N) is 3. The lowest BCUT2D eigenvalue weighted by molar-refractivity contribution is -0.129. The summed E-state index contributed by atoms with van der Waals surface area (Å²) in [6.45, 7) is 6.35. The van der Waals surface area contributed by atoms with E-state index in [1.807, 2.05) is 13.0 Å². The van der Waals surface area contributed by atoms with Crippen molar-refractivity contribution in [2.45, 2.75) is 52.2 Å². The zero-order valence-corrected chi connectivity index (χ0v) is 17.5. The van der Waals surface area contributed by atoms with E-state index in [1.165, 1.54) is 0 Å². The van der Waals surface area contributed by atoms with E-state index in [0.717, 1.165) is 30.7 Å². The molecule has 2 aliphatic heterocycles. The second-order valence-corrected chi connectivity index (χ2v) is 7.92. The van der Waals surface area contributed by atoms with Gasteiger partial charge in [-0.15, -0.1) is 0 Å². The van der Waals surface area contributed by atoms with Gasteiger partial charge in [0.15, 0.2) is 0 Å². The van der Waals surface area contributed by atoms with Crippen molar-refractivity contribution < 1.29 is 14.6 Å². The first-order chi connectivity index (χ1) is 14.5. The van der Waals surface area contributed by atoms with Gasteiger partial charge in [-0.25, -0.2) is 4.98 Å². The molecule has 0 radical (unpaired) electrons. The zero-order chi connectivity index (χ0) is 21.3. The van der Waals surface area contributed by atoms with Gasteiger partial charge in [-0.3, -0.25) is 14.5 Å². The van der Waals surface area contributed by atoms with Crippen molar-refractivity contribution in [3.63, 3.8) is 0 Å². The minimum absolute atomic E-state index is 0.00331. The highest BCUT2D eigenvalue weighted by atomic mass is 16.5. The first kappa shape index (κ1) is 20.4. The average molecular weight is 412 g/mol. The van der Waals surface area contributed by atoms with Crippen LogP contribution < -0.4 is 10.3 Å². The number of hydrogen-bond acceptors (Lipinski definition) is 6. The van der Waals surface area contributed by atoms with Crippen LogP contribution in [0.5, 0.6) is 11.5 Å². The summed E-state index contributed by atoms with van der Waals surface area (Å²) in [5.74, 6) is 1.59. The molecule has 1 aromatic heterocycles. The number of H-pyrrole nitrogens is 1. The number of hydrogen-bond donors (Lipinski definition) is 2. The van der Waals surface area contributed by atoms with Crippen LogP contribution in [0.15, 0.2) is 23.0 Å². The summed E-state index contributed by atoms with van der Waals surface area (Å²) < 4.78 is 5.56. The molecular formula is C22H28N4O4. The molecule has 0 spiro atoms. The molecule has 2 aromatic rings. The Hall–Kier alpha value is -2.87. The van der Waals surface area contributed by atoms with Crippen LogP contribution in [0.3, 0.4) is 0 Å². The first-order valence-corrected chi connectivity index (χ1v) is 10.5. The van der Waals surface area contributed by atoms with Crippen molar-refractivity contribution in [2.75, 3.05) is 19.7 Å². The van der Waals surface area contributed by atoms with Crippen LogP contribution in [0.2, 0.25) is 0 Å². The van der Waals surface area contributed by atoms with E-state index in [0.29, 0.717) is 49.7 Å². The minimum Gasteiger partial charge on any atom is -0.508 e. The van der Waals surface area contributed by atoms with Gasteiger partial charge in [-0.05, 0) is 50.9 Å². The van der Waals surface area contributed by atoms with Gasteiger partial charge >= 0.3 is 0 Å². The fourth-order valence-electron chi connectivity index (χ4n) is 4.37. The van der Waals surface area contributed by atoms with Crippen molar-refractivity contribution in [3.05, 3.63) is 51.2 Å². The van der Waals surface area contributed by atoms with Crippen molar-refractivity contribution in [1.29, 1.82) is 0 Å². The number of amides is 1. The van der Waals surface area contributed by atoms with Crippen LogP contribution in [0, 0.1) is 0 Å². The van der Waals surface area contributed by atoms with Gasteiger partial charge in [0.05, 0.1) is 24.9 Å². The number of rotatable bonds is 5. The Balaban J connectivity index is 1.59. The lowest BCUT2D eigenvalue weighted by atomic mass is 10.1. The van der Waals surface area contributed by atoms with E-state index in [4.69, 9.17) is 9.72 Å². The lowest BCUT2D eigenvalue weighted by Gasteiger charge is -2.29. The van der Waals surface area contributed by atoms with E-state index in [1.54, 1.807) is 24.0 Å². The number of phenols is 1. The number of aromatic amines is 1. The van der Waals surface area contributed by atoms with Crippen LogP contribution in [0.1, 0.15) is 55.4 Å². The van der Waals surface area contributed by atoms with Crippen LogP contribution >= 0.6 is 0 Å². The Bertz CT molecular complexity index is 1000. The Labute approximate surface area is 175 Å². The highest BCUT2D eigenvalue weighted by molar-refractivity contribution is 5.73. The monoisotopic (exact) mass is 412 g/mol. The maximum atomic E-state index is 12.7. The number of carbonyl (C=O) groups is 1. The predicted octanol–water partition coefficient (Wildman–Crippen LogP) is 2.12. The lowest BCUT2D eigenvalue weighted by Crippen LogP contribution is -2.39. The summed E-state index contributed by atoms with van der Waals surface area (Å²) in [5.41, 5.74) is 2.06. The number of fused-ring (bicyclic) bond motifs is 1. The average Bonchev–Trinajstić information content (AvgIpc) is 3.18. The van der Waals surface area contributed by atoms with Gasteiger partial charge in [0.1, 0.15) is 17.3 Å². The fraction of sp³-hybridized carbons (Fsp3) is 0.500. The number of aromatic hydroxyl groups is 1. The quantitative estimate of drug-likeness (QED) is 0.781. The third kappa shape index (κ3) is 4.05. The number of aromatic nitrogens is 2. The summed E-state index contributed by atoms with van der Waals surface area (Å²) in [6.07, 6.45) is 2.39. The molecule has 2 N–H and O–H groups in total. The van der Waals surface area contributed by atoms with Crippen molar-refractivity contribution in [1.82, 2.24) is 19.8 Å². The maximum Gasteiger partial charge on any atom is 0.254 e. The molecule has 4 rings (SSSR count). The fourth-order valence-corrected chi connectivity index (χ4v) is 4.37. The molecule has 1 unspecified atom stereocenters. The van der Waals surface area contributed by atoms with E-state index < -0.39 is 0 Å². The molecule has 1 aromatic carbocycles. The molecular weight excluding hydrogens is 384 g/mol. The molecule has 0 saturated carbocycles. The second-order valence-electron chi connectivity index (χ2n) is 7.92. The second kappa shape index (κ2) is 8.47.